The highest BCUT2D eigenvalue weighted by atomic mass is 35.5. The molecule has 1 saturated heterocycles. The summed E-state index contributed by atoms with van der Waals surface area (Å²) in [6, 6.07) is 2.72. The van der Waals surface area contributed by atoms with Crippen LogP contribution in [0.25, 0.3) is 0 Å². The van der Waals surface area contributed by atoms with Crippen LogP contribution in [-0.4, -0.2) is 25.7 Å². The van der Waals surface area contributed by atoms with Gasteiger partial charge in [-0.05, 0) is 12.5 Å². The number of fused-ring (bicyclic) bond motifs is 3. The Hall–Kier alpha value is -0.870. The molecule has 16 heavy (non-hydrogen) atoms. The number of nitrogens with one attached hydrogen (secondary N) is 1. The van der Waals surface area contributed by atoms with Crippen LogP contribution in [0.1, 0.15) is 5.56 Å². The molecule has 2 heterocycles. The molecule has 0 spiro atoms. The Bertz CT molecular complexity index is 411. The standard InChI is InChI=1S/C11H12F2N2.ClH/c12-7-3-10(13)9-5-8-6-14-1-2-15(8)11(9)4-7;/h3-4,8,14H,1-2,5-6H2;1H. The first-order valence-electron chi connectivity index (χ1n) is 5.21. The summed E-state index contributed by atoms with van der Waals surface area (Å²) in [6.45, 7) is 2.57. The Morgan fingerprint density at radius 2 is 2.12 bits per heavy atom. The fourth-order valence-electron chi connectivity index (χ4n) is 2.54. The highest BCUT2D eigenvalue weighted by molar-refractivity contribution is 5.85. The van der Waals surface area contributed by atoms with E-state index in [4.69, 9.17) is 0 Å². The van der Waals surface area contributed by atoms with E-state index in [1.54, 1.807) is 0 Å². The van der Waals surface area contributed by atoms with Crippen molar-refractivity contribution in [1.29, 1.82) is 0 Å². The molecule has 0 aliphatic carbocycles. The molecule has 5 heteroatoms. The Morgan fingerprint density at radius 3 is 2.94 bits per heavy atom. The van der Waals surface area contributed by atoms with E-state index in [2.05, 4.69) is 10.2 Å². The normalized spacial score (nSPS) is 22.4. The summed E-state index contributed by atoms with van der Waals surface area (Å²) in [5, 5.41) is 3.27. The number of hydrogen-bond donors (Lipinski definition) is 1. The monoisotopic (exact) mass is 246 g/mol. The lowest BCUT2D eigenvalue weighted by Gasteiger charge is -2.32. The summed E-state index contributed by atoms with van der Waals surface area (Å²) in [5.41, 5.74) is 1.42. The number of rotatable bonds is 0. The fourth-order valence-corrected chi connectivity index (χ4v) is 2.54. The van der Waals surface area contributed by atoms with Gasteiger partial charge >= 0.3 is 0 Å². The van der Waals surface area contributed by atoms with Crippen molar-refractivity contribution in [3.05, 3.63) is 29.3 Å². The van der Waals surface area contributed by atoms with Crippen LogP contribution < -0.4 is 10.2 Å². The number of piperazine rings is 1. The topological polar surface area (TPSA) is 15.3 Å². The van der Waals surface area contributed by atoms with E-state index < -0.39 is 11.6 Å². The van der Waals surface area contributed by atoms with Crippen LogP contribution in [-0.2, 0) is 6.42 Å². The van der Waals surface area contributed by atoms with Gasteiger partial charge in [0.1, 0.15) is 11.6 Å². The summed E-state index contributed by atoms with van der Waals surface area (Å²) in [5.74, 6) is -0.884. The molecule has 2 nitrogen and oxygen atoms in total. The van der Waals surface area contributed by atoms with Crippen LogP contribution >= 0.6 is 12.4 Å². The molecule has 0 saturated carbocycles. The van der Waals surface area contributed by atoms with Gasteiger partial charge < -0.3 is 10.2 Å². The van der Waals surface area contributed by atoms with Crippen molar-refractivity contribution in [2.75, 3.05) is 24.5 Å². The van der Waals surface area contributed by atoms with Crippen LogP contribution in [0, 0.1) is 11.6 Å². The van der Waals surface area contributed by atoms with Crippen LogP contribution in [0.4, 0.5) is 14.5 Å². The van der Waals surface area contributed by atoms with Gasteiger partial charge in [-0.2, -0.15) is 0 Å². The zero-order valence-corrected chi connectivity index (χ0v) is 9.49. The van der Waals surface area contributed by atoms with Crippen LogP contribution in [0.15, 0.2) is 12.1 Å². The molecule has 1 fully saturated rings. The Balaban J connectivity index is 0.000000963. The second-order valence-electron chi connectivity index (χ2n) is 4.14. The van der Waals surface area contributed by atoms with Gasteiger partial charge in [-0.15, -0.1) is 12.4 Å². The zero-order chi connectivity index (χ0) is 10.4. The molecule has 0 aromatic heterocycles. The van der Waals surface area contributed by atoms with Crippen molar-refractivity contribution >= 4 is 18.1 Å². The predicted octanol–water partition coefficient (Wildman–Crippen LogP) is 1.72. The van der Waals surface area contributed by atoms with E-state index in [0.29, 0.717) is 18.0 Å². The smallest absolute Gasteiger partial charge is 0.131 e. The minimum absolute atomic E-state index is 0. The highest BCUT2D eigenvalue weighted by Crippen LogP contribution is 2.35. The molecule has 2 aliphatic rings. The first-order valence-corrected chi connectivity index (χ1v) is 5.21. The van der Waals surface area contributed by atoms with Crippen LogP contribution in [0.5, 0.6) is 0 Å². The number of halogens is 3. The van der Waals surface area contributed by atoms with E-state index in [1.165, 1.54) is 6.07 Å². The summed E-state index contributed by atoms with van der Waals surface area (Å²) >= 11 is 0. The average Bonchev–Trinajstić information content (AvgIpc) is 2.57. The highest BCUT2D eigenvalue weighted by Gasteiger charge is 2.33. The maximum atomic E-state index is 13.5. The fraction of sp³-hybridized carbons (Fsp3) is 0.455. The van der Waals surface area contributed by atoms with E-state index in [0.717, 1.165) is 31.4 Å². The molecule has 0 bridgehead atoms. The molecule has 1 aromatic carbocycles. The minimum Gasteiger partial charge on any atom is -0.365 e. The largest absolute Gasteiger partial charge is 0.365 e. The molecule has 3 rings (SSSR count). The predicted molar refractivity (Wildman–Crippen MR) is 61.3 cm³/mol. The van der Waals surface area contributed by atoms with Crippen molar-refractivity contribution in [2.45, 2.75) is 12.5 Å². The van der Waals surface area contributed by atoms with Crippen molar-refractivity contribution in [2.24, 2.45) is 0 Å². The first kappa shape index (κ1) is 11.6. The number of hydrogen-bond acceptors (Lipinski definition) is 2. The Labute approximate surface area is 99.0 Å². The Kier molecular flexibility index (Phi) is 3.04. The molecular weight excluding hydrogens is 234 g/mol. The second kappa shape index (κ2) is 4.18. The van der Waals surface area contributed by atoms with E-state index in [9.17, 15) is 8.78 Å². The van der Waals surface area contributed by atoms with E-state index in [-0.39, 0.29) is 12.4 Å². The van der Waals surface area contributed by atoms with Crippen molar-refractivity contribution in [1.82, 2.24) is 5.32 Å². The van der Waals surface area contributed by atoms with Gasteiger partial charge in [0, 0.05) is 43.0 Å². The van der Waals surface area contributed by atoms with Gasteiger partial charge in [0.2, 0.25) is 0 Å². The molecule has 1 unspecified atom stereocenters. The summed E-state index contributed by atoms with van der Waals surface area (Å²) in [4.78, 5) is 2.11. The maximum absolute atomic E-state index is 13.5. The number of benzene rings is 1. The molecule has 1 N–H and O–H groups in total. The second-order valence-corrected chi connectivity index (χ2v) is 4.14. The van der Waals surface area contributed by atoms with Crippen LogP contribution in [0.2, 0.25) is 0 Å². The summed E-state index contributed by atoms with van der Waals surface area (Å²) in [6.07, 6.45) is 0.689. The van der Waals surface area contributed by atoms with Crippen molar-refractivity contribution in [3.8, 4) is 0 Å². The molecular formula is C11H13ClF2N2. The molecule has 1 atom stereocenters. The molecule has 1 aromatic rings. The van der Waals surface area contributed by atoms with Gasteiger partial charge in [0.25, 0.3) is 0 Å². The zero-order valence-electron chi connectivity index (χ0n) is 8.67. The summed E-state index contributed by atoms with van der Waals surface area (Å²) in [7, 11) is 0. The third-order valence-corrected chi connectivity index (χ3v) is 3.24. The quantitative estimate of drug-likeness (QED) is 0.750. The van der Waals surface area contributed by atoms with E-state index >= 15 is 0 Å². The SMILES string of the molecule is Cl.Fc1cc(F)c2c(c1)N1CCNCC1C2. The lowest BCUT2D eigenvalue weighted by molar-refractivity contribution is 0.492. The lowest BCUT2D eigenvalue weighted by atomic mass is 10.1. The van der Waals surface area contributed by atoms with Gasteiger partial charge in [0.15, 0.2) is 0 Å². The molecule has 88 valence electrons. The number of anilines is 1. The van der Waals surface area contributed by atoms with Crippen molar-refractivity contribution < 1.29 is 8.78 Å². The van der Waals surface area contributed by atoms with Gasteiger partial charge in [-0.1, -0.05) is 0 Å². The van der Waals surface area contributed by atoms with Gasteiger partial charge in [-0.25, -0.2) is 8.78 Å². The summed E-state index contributed by atoms with van der Waals surface area (Å²) < 4.78 is 26.6. The third-order valence-electron chi connectivity index (χ3n) is 3.24. The molecule has 2 aliphatic heterocycles. The maximum Gasteiger partial charge on any atom is 0.131 e. The number of nitrogens with zero attached hydrogens (tertiary/aromatic N) is 1. The Morgan fingerprint density at radius 1 is 1.31 bits per heavy atom. The van der Waals surface area contributed by atoms with Crippen molar-refractivity contribution in [3.63, 3.8) is 0 Å². The minimum atomic E-state index is -0.481. The van der Waals surface area contributed by atoms with E-state index in [1.807, 2.05) is 0 Å². The molecule has 0 amide bonds. The first-order chi connectivity index (χ1) is 7.25. The lowest BCUT2D eigenvalue weighted by Crippen LogP contribution is -2.49. The van der Waals surface area contributed by atoms with Gasteiger partial charge in [-0.3, -0.25) is 0 Å². The average molecular weight is 247 g/mol. The third kappa shape index (κ3) is 1.66. The van der Waals surface area contributed by atoms with Crippen LogP contribution in [0.3, 0.4) is 0 Å². The molecule has 0 radical (unpaired) electrons. The van der Waals surface area contributed by atoms with Gasteiger partial charge in [0.05, 0.1) is 0 Å².